The van der Waals surface area contributed by atoms with Crippen LogP contribution in [0, 0.1) is 0 Å². The Morgan fingerprint density at radius 2 is 1.74 bits per heavy atom. The van der Waals surface area contributed by atoms with E-state index in [9.17, 15) is 4.79 Å². The number of hydrogen-bond donors (Lipinski definition) is 1. The van der Waals surface area contributed by atoms with Gasteiger partial charge in [-0.05, 0) is 56.3 Å². The molecule has 1 aliphatic heterocycles. The summed E-state index contributed by atoms with van der Waals surface area (Å²) in [6.45, 7) is 8.07. The molecule has 3 rings (SSSR count). The topological polar surface area (TPSA) is 44.8 Å². The molecule has 1 amide bonds. The van der Waals surface area contributed by atoms with Crippen LogP contribution in [-0.4, -0.2) is 50.1 Å². The highest BCUT2D eigenvalue weighted by Gasteiger charge is 2.17. The van der Waals surface area contributed by atoms with Crippen molar-refractivity contribution in [2.45, 2.75) is 26.4 Å². The van der Waals surface area contributed by atoms with Crippen LogP contribution in [0.5, 0.6) is 5.75 Å². The molecule has 1 unspecified atom stereocenters. The highest BCUT2D eigenvalue weighted by atomic mass is 16.5. The summed E-state index contributed by atoms with van der Waals surface area (Å²) < 4.78 is 5.87. The molecule has 0 aliphatic carbocycles. The fourth-order valence-corrected chi connectivity index (χ4v) is 3.22. The maximum absolute atomic E-state index is 12.5. The van der Waals surface area contributed by atoms with Crippen LogP contribution >= 0.6 is 0 Å². The average Bonchev–Trinajstić information content (AvgIpc) is 2.69. The number of likely N-dealkylation sites (N-methyl/N-ethyl adjacent to an activating group) is 1. The van der Waals surface area contributed by atoms with Crippen molar-refractivity contribution in [2.24, 2.45) is 0 Å². The number of carbonyl (C=O) groups is 1. The predicted octanol–water partition coefficient (Wildman–Crippen LogP) is 3.41. The molecule has 1 atom stereocenters. The molecule has 27 heavy (non-hydrogen) atoms. The first kappa shape index (κ1) is 19.2. The molecule has 0 aromatic heterocycles. The number of ether oxygens (including phenoxy) is 1. The lowest BCUT2D eigenvalue weighted by atomic mass is 10.1. The van der Waals surface area contributed by atoms with Crippen molar-refractivity contribution < 1.29 is 9.53 Å². The van der Waals surface area contributed by atoms with Crippen LogP contribution in [0.15, 0.2) is 48.5 Å². The summed E-state index contributed by atoms with van der Waals surface area (Å²) in [7, 11) is 2.15. The van der Waals surface area contributed by atoms with Gasteiger partial charge in [-0.3, -0.25) is 4.79 Å². The van der Waals surface area contributed by atoms with Crippen LogP contribution in [0.1, 0.15) is 19.4 Å². The van der Waals surface area contributed by atoms with Crippen LogP contribution in [0.4, 0.5) is 11.4 Å². The number of carbonyl (C=O) groups excluding carboxylic acids is 1. The normalized spacial score (nSPS) is 16.0. The van der Waals surface area contributed by atoms with Crippen LogP contribution < -0.4 is 15.0 Å². The minimum absolute atomic E-state index is 0.145. The summed E-state index contributed by atoms with van der Waals surface area (Å²) in [5.74, 6) is 0.626. The van der Waals surface area contributed by atoms with Crippen molar-refractivity contribution in [1.29, 1.82) is 0 Å². The van der Waals surface area contributed by atoms with E-state index in [1.54, 1.807) is 6.92 Å². The maximum atomic E-state index is 12.5. The zero-order chi connectivity index (χ0) is 19.2. The molecule has 5 heteroatoms. The molecule has 1 fully saturated rings. The number of para-hydroxylation sites is 1. The van der Waals surface area contributed by atoms with Gasteiger partial charge in [-0.15, -0.1) is 0 Å². The third-order valence-corrected chi connectivity index (χ3v) is 5.03. The molecule has 1 N–H and O–H groups in total. The number of anilines is 2. The Morgan fingerprint density at radius 3 is 2.41 bits per heavy atom. The Kier molecular flexibility index (Phi) is 6.35. The minimum Gasteiger partial charge on any atom is -0.481 e. The standard InChI is InChI=1S/C22H29N3O2/c1-4-18-7-5-6-8-21(18)27-17(2)22(26)23-19-9-11-20(12-10-19)25-15-13-24(3)14-16-25/h5-12,17H,4,13-16H2,1-3H3,(H,23,26). The SMILES string of the molecule is CCc1ccccc1OC(C)C(=O)Nc1ccc(N2CCN(C)CC2)cc1. The second-order valence-electron chi connectivity index (χ2n) is 7.05. The number of aryl methyl sites for hydroxylation is 1. The van der Waals surface area contributed by atoms with E-state index in [0.717, 1.165) is 49.6 Å². The molecule has 0 radical (unpaired) electrons. The highest BCUT2D eigenvalue weighted by Crippen LogP contribution is 2.22. The van der Waals surface area contributed by atoms with Crippen molar-refractivity contribution >= 4 is 17.3 Å². The Morgan fingerprint density at radius 1 is 1.07 bits per heavy atom. The number of hydrogen-bond acceptors (Lipinski definition) is 4. The zero-order valence-electron chi connectivity index (χ0n) is 16.4. The van der Waals surface area contributed by atoms with E-state index in [1.807, 2.05) is 36.4 Å². The Bertz CT molecular complexity index is 752. The van der Waals surface area contributed by atoms with E-state index in [2.05, 4.69) is 41.2 Å². The van der Waals surface area contributed by atoms with Gasteiger partial charge < -0.3 is 19.9 Å². The summed E-state index contributed by atoms with van der Waals surface area (Å²) in [6.07, 6.45) is 0.313. The quantitative estimate of drug-likeness (QED) is 0.850. The van der Waals surface area contributed by atoms with Gasteiger partial charge in [0.05, 0.1) is 0 Å². The van der Waals surface area contributed by atoms with Gasteiger partial charge in [-0.2, -0.15) is 0 Å². The van der Waals surface area contributed by atoms with Crippen LogP contribution in [0.3, 0.4) is 0 Å². The van der Waals surface area contributed by atoms with Crippen LogP contribution in [0.25, 0.3) is 0 Å². The molecule has 0 spiro atoms. The molecule has 2 aromatic rings. The van der Waals surface area contributed by atoms with Gasteiger partial charge in [0.15, 0.2) is 6.10 Å². The lowest BCUT2D eigenvalue weighted by Crippen LogP contribution is -2.44. The second kappa shape index (κ2) is 8.91. The van der Waals surface area contributed by atoms with Gasteiger partial charge in [0.1, 0.15) is 5.75 Å². The number of benzene rings is 2. The third-order valence-electron chi connectivity index (χ3n) is 5.03. The smallest absolute Gasteiger partial charge is 0.265 e. The Labute approximate surface area is 161 Å². The van der Waals surface area contributed by atoms with E-state index in [4.69, 9.17) is 4.74 Å². The monoisotopic (exact) mass is 367 g/mol. The molecular formula is C22H29N3O2. The number of piperazine rings is 1. The predicted molar refractivity (Wildman–Crippen MR) is 111 cm³/mol. The summed E-state index contributed by atoms with van der Waals surface area (Å²) >= 11 is 0. The first-order valence-corrected chi connectivity index (χ1v) is 9.66. The summed E-state index contributed by atoms with van der Waals surface area (Å²) in [5, 5.41) is 2.95. The molecule has 0 bridgehead atoms. The lowest BCUT2D eigenvalue weighted by molar-refractivity contribution is -0.122. The van der Waals surface area contributed by atoms with Gasteiger partial charge in [-0.25, -0.2) is 0 Å². The van der Waals surface area contributed by atoms with Crippen molar-refractivity contribution in [1.82, 2.24) is 4.90 Å². The van der Waals surface area contributed by atoms with Crippen LogP contribution in [-0.2, 0) is 11.2 Å². The molecule has 5 nitrogen and oxygen atoms in total. The van der Waals surface area contributed by atoms with E-state index in [-0.39, 0.29) is 5.91 Å². The van der Waals surface area contributed by atoms with E-state index >= 15 is 0 Å². The largest absolute Gasteiger partial charge is 0.481 e. The molecule has 1 heterocycles. The van der Waals surface area contributed by atoms with E-state index < -0.39 is 6.10 Å². The number of amides is 1. The van der Waals surface area contributed by atoms with Crippen molar-refractivity contribution in [2.75, 3.05) is 43.4 Å². The fourth-order valence-electron chi connectivity index (χ4n) is 3.22. The maximum Gasteiger partial charge on any atom is 0.265 e. The van der Waals surface area contributed by atoms with Crippen LogP contribution in [0.2, 0.25) is 0 Å². The first-order chi connectivity index (χ1) is 13.1. The lowest BCUT2D eigenvalue weighted by Gasteiger charge is -2.34. The first-order valence-electron chi connectivity index (χ1n) is 9.66. The molecule has 1 saturated heterocycles. The van der Waals surface area contributed by atoms with Crippen molar-refractivity contribution in [3.8, 4) is 5.75 Å². The summed E-state index contributed by atoms with van der Waals surface area (Å²) in [4.78, 5) is 17.2. The molecule has 0 saturated carbocycles. The molecule has 2 aromatic carbocycles. The van der Waals surface area contributed by atoms with Gasteiger partial charge in [-0.1, -0.05) is 25.1 Å². The Balaban J connectivity index is 1.57. The average molecular weight is 367 g/mol. The molecule has 144 valence electrons. The number of nitrogens with one attached hydrogen (secondary N) is 1. The molecule has 1 aliphatic rings. The van der Waals surface area contributed by atoms with E-state index in [0.29, 0.717) is 0 Å². The minimum atomic E-state index is -0.560. The third kappa shape index (κ3) is 5.01. The Hall–Kier alpha value is -2.53. The highest BCUT2D eigenvalue weighted by molar-refractivity contribution is 5.94. The van der Waals surface area contributed by atoms with Gasteiger partial charge in [0.25, 0.3) is 5.91 Å². The summed E-state index contributed by atoms with van der Waals surface area (Å²) in [5.41, 5.74) is 3.09. The van der Waals surface area contributed by atoms with Gasteiger partial charge in [0.2, 0.25) is 0 Å². The van der Waals surface area contributed by atoms with Crippen molar-refractivity contribution in [3.63, 3.8) is 0 Å². The van der Waals surface area contributed by atoms with Crippen molar-refractivity contribution in [3.05, 3.63) is 54.1 Å². The summed E-state index contributed by atoms with van der Waals surface area (Å²) in [6, 6.07) is 15.9. The zero-order valence-corrected chi connectivity index (χ0v) is 16.4. The number of nitrogens with zero attached hydrogens (tertiary/aromatic N) is 2. The van der Waals surface area contributed by atoms with Gasteiger partial charge >= 0.3 is 0 Å². The molecular weight excluding hydrogens is 338 g/mol. The fraction of sp³-hybridized carbons (Fsp3) is 0.409. The van der Waals surface area contributed by atoms with Gasteiger partial charge in [0, 0.05) is 37.6 Å². The second-order valence-corrected chi connectivity index (χ2v) is 7.05. The van der Waals surface area contributed by atoms with E-state index in [1.165, 1.54) is 5.69 Å². The number of rotatable bonds is 6.